The molecular weight excluding hydrogens is 218 g/mol. The van der Waals surface area contributed by atoms with E-state index in [0.29, 0.717) is 0 Å². The molecule has 1 rings (SSSR count). The summed E-state index contributed by atoms with van der Waals surface area (Å²) in [6.45, 7) is 0. The van der Waals surface area contributed by atoms with Crippen LogP contribution in [0.25, 0.3) is 0 Å². The van der Waals surface area contributed by atoms with Gasteiger partial charge in [0, 0.05) is 0 Å². The van der Waals surface area contributed by atoms with Gasteiger partial charge in [-0.3, -0.25) is 0 Å². The molecule has 1 aromatic carbocycles. The van der Waals surface area contributed by atoms with Crippen LogP contribution < -0.4 is 4.74 Å². The van der Waals surface area contributed by atoms with Gasteiger partial charge in [0.2, 0.25) is 5.82 Å². The Morgan fingerprint density at radius 1 is 1.50 bits per heavy atom. The van der Waals surface area contributed by atoms with Crippen molar-refractivity contribution in [3.8, 4) is 5.75 Å². The highest BCUT2D eigenvalue weighted by Crippen LogP contribution is 2.30. The number of carboxylic acids is 1. The minimum Gasteiger partial charge on any atom is -0.493 e. The van der Waals surface area contributed by atoms with Crippen molar-refractivity contribution in [1.29, 1.82) is 0 Å². The van der Waals surface area contributed by atoms with Crippen molar-refractivity contribution < 1.29 is 23.4 Å². The summed E-state index contributed by atoms with van der Waals surface area (Å²) in [5.41, 5.74) is -0.517. The molecule has 0 radical (unpaired) electrons. The Labute approximate surface area is 82.9 Å². The molecule has 14 heavy (non-hydrogen) atoms. The van der Waals surface area contributed by atoms with Crippen molar-refractivity contribution >= 4 is 17.6 Å². The summed E-state index contributed by atoms with van der Waals surface area (Å²) in [6, 6.07) is 0.793. The van der Waals surface area contributed by atoms with E-state index in [1.165, 1.54) is 0 Å². The molecular formula is C8H5ClF2O3. The zero-order valence-electron chi connectivity index (χ0n) is 6.97. The van der Waals surface area contributed by atoms with Gasteiger partial charge in [0.1, 0.15) is 5.56 Å². The Balaban J connectivity index is 3.51. The van der Waals surface area contributed by atoms with Crippen LogP contribution in [0.2, 0.25) is 5.02 Å². The Bertz CT molecular complexity index is 393. The molecule has 0 atom stereocenters. The molecule has 0 heterocycles. The van der Waals surface area contributed by atoms with E-state index >= 15 is 0 Å². The maximum Gasteiger partial charge on any atom is 0.339 e. The summed E-state index contributed by atoms with van der Waals surface area (Å²) in [5.74, 6) is -4.84. The number of carboxylic acid groups (broad SMARTS) is 1. The van der Waals surface area contributed by atoms with Gasteiger partial charge in [-0.2, -0.15) is 4.39 Å². The average molecular weight is 223 g/mol. The van der Waals surface area contributed by atoms with Crippen LogP contribution in [0.3, 0.4) is 0 Å². The predicted molar refractivity (Wildman–Crippen MR) is 44.9 cm³/mol. The molecule has 0 fully saturated rings. The van der Waals surface area contributed by atoms with Crippen LogP contribution in [0.5, 0.6) is 5.75 Å². The molecule has 0 aliphatic rings. The standard InChI is InChI=1S/C8H5ClF2O3/c1-14-7-3(8(12)13)2-4(9)5(10)6(7)11/h2H,1H3,(H,12,13). The average Bonchev–Trinajstić information content (AvgIpc) is 2.13. The predicted octanol–water partition coefficient (Wildman–Crippen LogP) is 2.33. The van der Waals surface area contributed by atoms with Crippen LogP contribution in [-0.4, -0.2) is 18.2 Å². The fourth-order valence-electron chi connectivity index (χ4n) is 0.937. The Kier molecular flexibility index (Phi) is 2.90. The SMILES string of the molecule is COc1c(C(=O)O)cc(Cl)c(F)c1F. The lowest BCUT2D eigenvalue weighted by Crippen LogP contribution is -2.04. The topological polar surface area (TPSA) is 46.5 Å². The number of ether oxygens (including phenoxy) is 1. The number of halogens is 3. The Hall–Kier alpha value is -1.36. The molecule has 1 N–H and O–H groups in total. The largest absolute Gasteiger partial charge is 0.493 e. The zero-order valence-corrected chi connectivity index (χ0v) is 7.73. The molecule has 0 saturated carbocycles. The van der Waals surface area contributed by atoms with Crippen LogP contribution >= 0.6 is 11.6 Å². The van der Waals surface area contributed by atoms with Crippen LogP contribution in [0.4, 0.5) is 8.78 Å². The van der Waals surface area contributed by atoms with E-state index in [1.54, 1.807) is 0 Å². The third-order valence-corrected chi connectivity index (χ3v) is 1.83. The highest BCUT2D eigenvalue weighted by atomic mass is 35.5. The summed E-state index contributed by atoms with van der Waals surface area (Å²) in [4.78, 5) is 10.6. The summed E-state index contributed by atoms with van der Waals surface area (Å²) in [5, 5.41) is 8.01. The number of hydrogen-bond donors (Lipinski definition) is 1. The van der Waals surface area contributed by atoms with Crippen LogP contribution in [0.1, 0.15) is 10.4 Å². The second kappa shape index (κ2) is 3.79. The highest BCUT2D eigenvalue weighted by Gasteiger charge is 2.21. The van der Waals surface area contributed by atoms with E-state index in [-0.39, 0.29) is 0 Å². The molecule has 0 bridgehead atoms. The third-order valence-electron chi connectivity index (χ3n) is 1.55. The zero-order chi connectivity index (χ0) is 10.9. The van der Waals surface area contributed by atoms with E-state index in [1.807, 2.05) is 0 Å². The molecule has 3 nitrogen and oxygen atoms in total. The fraction of sp³-hybridized carbons (Fsp3) is 0.125. The molecule has 0 spiro atoms. The van der Waals surface area contributed by atoms with Crippen molar-refractivity contribution in [2.45, 2.75) is 0 Å². The van der Waals surface area contributed by atoms with Gasteiger partial charge in [-0.25, -0.2) is 9.18 Å². The number of methoxy groups -OCH3 is 1. The van der Waals surface area contributed by atoms with Gasteiger partial charge in [0.25, 0.3) is 0 Å². The lowest BCUT2D eigenvalue weighted by Gasteiger charge is -2.07. The van der Waals surface area contributed by atoms with Gasteiger partial charge >= 0.3 is 5.97 Å². The number of carbonyl (C=O) groups is 1. The van der Waals surface area contributed by atoms with Crippen molar-refractivity contribution in [2.75, 3.05) is 7.11 Å². The van der Waals surface area contributed by atoms with E-state index < -0.39 is 33.9 Å². The normalized spacial score (nSPS) is 10.0. The van der Waals surface area contributed by atoms with E-state index in [2.05, 4.69) is 4.74 Å². The smallest absolute Gasteiger partial charge is 0.339 e. The molecule has 0 unspecified atom stereocenters. The molecule has 0 aromatic heterocycles. The van der Waals surface area contributed by atoms with Gasteiger partial charge in [0.05, 0.1) is 12.1 Å². The maximum absolute atomic E-state index is 13.0. The van der Waals surface area contributed by atoms with Crippen molar-refractivity contribution in [1.82, 2.24) is 0 Å². The summed E-state index contributed by atoms with van der Waals surface area (Å²) in [6.07, 6.45) is 0. The summed E-state index contributed by atoms with van der Waals surface area (Å²) in [7, 11) is 1.04. The molecule has 0 amide bonds. The van der Waals surface area contributed by atoms with Crippen molar-refractivity contribution in [3.63, 3.8) is 0 Å². The molecule has 0 aliphatic carbocycles. The number of rotatable bonds is 2. The van der Waals surface area contributed by atoms with Crippen LogP contribution in [0.15, 0.2) is 6.07 Å². The molecule has 6 heteroatoms. The number of benzene rings is 1. The Morgan fingerprint density at radius 3 is 2.50 bits per heavy atom. The second-order valence-electron chi connectivity index (χ2n) is 2.37. The minimum absolute atomic E-state index is 0.517. The summed E-state index contributed by atoms with van der Waals surface area (Å²) < 4.78 is 30.3. The second-order valence-corrected chi connectivity index (χ2v) is 2.78. The third kappa shape index (κ3) is 1.63. The lowest BCUT2D eigenvalue weighted by atomic mass is 10.2. The highest BCUT2D eigenvalue weighted by molar-refractivity contribution is 6.31. The van der Waals surface area contributed by atoms with Gasteiger partial charge in [-0.15, -0.1) is 0 Å². The first-order valence-electron chi connectivity index (χ1n) is 3.43. The van der Waals surface area contributed by atoms with E-state index in [0.717, 1.165) is 13.2 Å². The van der Waals surface area contributed by atoms with Crippen LogP contribution in [-0.2, 0) is 0 Å². The van der Waals surface area contributed by atoms with Crippen molar-refractivity contribution in [2.24, 2.45) is 0 Å². The fourth-order valence-corrected chi connectivity index (χ4v) is 1.13. The van der Waals surface area contributed by atoms with Crippen molar-refractivity contribution in [3.05, 3.63) is 28.3 Å². The molecule has 0 aliphatic heterocycles. The first-order chi connectivity index (χ1) is 6.49. The first-order valence-corrected chi connectivity index (χ1v) is 3.81. The van der Waals surface area contributed by atoms with Gasteiger partial charge in [-0.05, 0) is 6.07 Å². The molecule has 1 aromatic rings. The molecule has 0 saturated heterocycles. The van der Waals surface area contributed by atoms with Gasteiger partial charge < -0.3 is 9.84 Å². The number of hydrogen-bond acceptors (Lipinski definition) is 2. The first kappa shape index (κ1) is 10.7. The quantitative estimate of drug-likeness (QED) is 0.782. The monoisotopic (exact) mass is 222 g/mol. The van der Waals surface area contributed by atoms with E-state index in [9.17, 15) is 13.6 Å². The van der Waals surface area contributed by atoms with Crippen LogP contribution in [0, 0.1) is 11.6 Å². The summed E-state index contributed by atoms with van der Waals surface area (Å²) >= 11 is 5.26. The van der Waals surface area contributed by atoms with E-state index in [4.69, 9.17) is 16.7 Å². The minimum atomic E-state index is -1.44. The molecule has 76 valence electrons. The van der Waals surface area contributed by atoms with Gasteiger partial charge in [0.15, 0.2) is 11.6 Å². The maximum atomic E-state index is 13.0. The van der Waals surface area contributed by atoms with Gasteiger partial charge in [-0.1, -0.05) is 11.6 Å². The lowest BCUT2D eigenvalue weighted by molar-refractivity contribution is 0.0692. The number of aromatic carboxylic acids is 1. The Morgan fingerprint density at radius 2 is 2.07 bits per heavy atom.